The summed E-state index contributed by atoms with van der Waals surface area (Å²) in [5.41, 5.74) is 3.62. The zero-order chi connectivity index (χ0) is 20.6. The summed E-state index contributed by atoms with van der Waals surface area (Å²) in [7, 11) is 0. The highest BCUT2D eigenvalue weighted by Gasteiger charge is 2.28. The Morgan fingerprint density at radius 2 is 1.97 bits per heavy atom. The molecule has 1 unspecified atom stereocenters. The van der Waals surface area contributed by atoms with Crippen LogP contribution in [0.1, 0.15) is 12.8 Å². The fourth-order valence-corrected chi connectivity index (χ4v) is 5.20. The van der Waals surface area contributed by atoms with E-state index in [9.17, 15) is 0 Å². The second kappa shape index (κ2) is 7.63. The van der Waals surface area contributed by atoms with Crippen molar-refractivity contribution in [2.75, 3.05) is 18.1 Å². The maximum atomic E-state index is 6.37. The van der Waals surface area contributed by atoms with Crippen LogP contribution in [0.15, 0.2) is 61.2 Å². The number of para-hydroxylation sites is 2. The number of anilines is 1. The van der Waals surface area contributed by atoms with E-state index in [2.05, 4.69) is 37.0 Å². The van der Waals surface area contributed by atoms with Gasteiger partial charge in [0.15, 0.2) is 11.5 Å². The Hall–Kier alpha value is -3.52. The normalized spacial score (nSPS) is 16.4. The number of nitrogens with zero attached hydrogens (tertiary/aromatic N) is 5. The van der Waals surface area contributed by atoms with Crippen LogP contribution in [-0.4, -0.2) is 44.1 Å². The molecular weight excluding hydrogens is 408 g/mol. The van der Waals surface area contributed by atoms with Gasteiger partial charge in [0.2, 0.25) is 0 Å². The molecule has 5 aromatic rings. The van der Waals surface area contributed by atoms with E-state index in [1.54, 1.807) is 24.0 Å². The lowest BCUT2D eigenvalue weighted by atomic mass is 10.2. The lowest BCUT2D eigenvalue weighted by molar-refractivity contribution is 0.289. The van der Waals surface area contributed by atoms with Gasteiger partial charge in [0.25, 0.3) is 0 Å². The summed E-state index contributed by atoms with van der Waals surface area (Å²) in [5, 5.41) is 0.982. The summed E-state index contributed by atoms with van der Waals surface area (Å²) in [5.74, 6) is 1.76. The number of H-pyrrole nitrogens is 1. The number of thiazole rings is 1. The highest BCUT2D eigenvalue weighted by Crippen LogP contribution is 2.36. The summed E-state index contributed by atoms with van der Waals surface area (Å²) >= 11 is 1.69. The third kappa shape index (κ3) is 3.29. The molecule has 0 spiro atoms. The summed E-state index contributed by atoms with van der Waals surface area (Å²) in [6.45, 7) is 1.53. The van der Waals surface area contributed by atoms with Crippen molar-refractivity contribution < 1.29 is 4.74 Å². The van der Waals surface area contributed by atoms with Gasteiger partial charge in [0, 0.05) is 6.54 Å². The maximum Gasteiger partial charge on any atom is 0.182 e. The van der Waals surface area contributed by atoms with Gasteiger partial charge in [-0.15, -0.1) is 11.3 Å². The minimum Gasteiger partial charge on any atom is -0.491 e. The Balaban J connectivity index is 1.27. The molecule has 7 nitrogen and oxygen atoms in total. The van der Waals surface area contributed by atoms with Crippen molar-refractivity contribution in [1.82, 2.24) is 24.9 Å². The van der Waals surface area contributed by atoms with Gasteiger partial charge >= 0.3 is 0 Å². The average Bonchev–Trinajstić information content (AvgIpc) is 3.56. The van der Waals surface area contributed by atoms with Crippen molar-refractivity contribution in [2.45, 2.75) is 18.9 Å². The molecule has 1 saturated heterocycles. The first kappa shape index (κ1) is 18.3. The number of imidazole rings is 1. The lowest BCUT2D eigenvalue weighted by Crippen LogP contribution is -2.35. The fraction of sp³-hybridized carbons (Fsp3) is 0.217. The second-order valence-electron chi connectivity index (χ2n) is 7.58. The van der Waals surface area contributed by atoms with E-state index in [1.165, 1.54) is 4.70 Å². The van der Waals surface area contributed by atoms with Crippen molar-refractivity contribution in [3.63, 3.8) is 0 Å². The molecule has 1 N–H and O–H groups in total. The first-order valence-electron chi connectivity index (χ1n) is 10.4. The van der Waals surface area contributed by atoms with Crippen LogP contribution in [0.2, 0.25) is 0 Å². The predicted molar refractivity (Wildman–Crippen MR) is 123 cm³/mol. The molecule has 0 bridgehead atoms. The molecule has 0 amide bonds. The SMILES string of the molecule is c1ccc(-c2nc3ccccc3s2)c(OCC2CCCN2c2ncnc3nc[nH]c23)c1. The maximum absolute atomic E-state index is 6.37. The van der Waals surface area contributed by atoms with Gasteiger partial charge in [0.05, 0.1) is 28.1 Å². The zero-order valence-corrected chi connectivity index (χ0v) is 17.5. The molecule has 0 radical (unpaired) electrons. The monoisotopic (exact) mass is 428 g/mol. The van der Waals surface area contributed by atoms with Crippen LogP contribution in [0.5, 0.6) is 5.75 Å². The van der Waals surface area contributed by atoms with Gasteiger partial charge in [-0.1, -0.05) is 24.3 Å². The van der Waals surface area contributed by atoms with E-state index >= 15 is 0 Å². The first-order valence-corrected chi connectivity index (χ1v) is 11.2. The molecule has 1 fully saturated rings. The van der Waals surface area contributed by atoms with Gasteiger partial charge < -0.3 is 14.6 Å². The fourth-order valence-electron chi connectivity index (χ4n) is 4.20. The van der Waals surface area contributed by atoms with Crippen LogP contribution >= 0.6 is 11.3 Å². The van der Waals surface area contributed by atoms with Gasteiger partial charge in [-0.25, -0.2) is 19.9 Å². The molecule has 0 aliphatic carbocycles. The molecule has 2 aromatic carbocycles. The summed E-state index contributed by atoms with van der Waals surface area (Å²) in [6, 6.07) is 16.6. The van der Waals surface area contributed by atoms with Crippen LogP contribution in [0.25, 0.3) is 32.0 Å². The third-order valence-electron chi connectivity index (χ3n) is 5.69. The molecule has 6 rings (SSSR count). The number of benzene rings is 2. The number of ether oxygens (including phenoxy) is 1. The number of aromatic nitrogens is 5. The Labute approximate surface area is 182 Å². The van der Waals surface area contributed by atoms with Gasteiger partial charge in [0.1, 0.15) is 29.2 Å². The number of aromatic amines is 1. The number of fused-ring (bicyclic) bond motifs is 2. The number of rotatable bonds is 5. The van der Waals surface area contributed by atoms with Gasteiger partial charge in [-0.05, 0) is 37.1 Å². The lowest BCUT2D eigenvalue weighted by Gasteiger charge is -2.26. The summed E-state index contributed by atoms with van der Waals surface area (Å²) in [6.07, 6.45) is 5.41. The van der Waals surface area contributed by atoms with Crippen LogP contribution in [0.3, 0.4) is 0 Å². The molecule has 1 atom stereocenters. The highest BCUT2D eigenvalue weighted by molar-refractivity contribution is 7.21. The van der Waals surface area contributed by atoms with Crippen LogP contribution in [-0.2, 0) is 0 Å². The van der Waals surface area contributed by atoms with Crippen molar-refractivity contribution >= 4 is 38.5 Å². The number of hydrogen-bond donors (Lipinski definition) is 1. The molecule has 0 saturated carbocycles. The molecule has 1 aliphatic heterocycles. The molecule has 8 heteroatoms. The van der Waals surface area contributed by atoms with E-state index in [4.69, 9.17) is 9.72 Å². The minimum atomic E-state index is 0.241. The smallest absolute Gasteiger partial charge is 0.182 e. The molecule has 3 aromatic heterocycles. The highest BCUT2D eigenvalue weighted by atomic mass is 32.1. The van der Waals surface area contributed by atoms with E-state index in [0.29, 0.717) is 12.3 Å². The molecular formula is C23H20N6OS. The predicted octanol–water partition coefficient (Wildman–Crippen LogP) is 4.68. The van der Waals surface area contributed by atoms with Gasteiger partial charge in [-0.2, -0.15) is 0 Å². The van der Waals surface area contributed by atoms with Crippen LogP contribution < -0.4 is 9.64 Å². The largest absolute Gasteiger partial charge is 0.491 e. The topological polar surface area (TPSA) is 79.8 Å². The quantitative estimate of drug-likeness (QED) is 0.438. The molecule has 4 heterocycles. The Morgan fingerprint density at radius 3 is 2.94 bits per heavy atom. The van der Waals surface area contributed by atoms with Crippen molar-refractivity contribution in [1.29, 1.82) is 0 Å². The van der Waals surface area contributed by atoms with E-state index in [-0.39, 0.29) is 6.04 Å². The number of nitrogens with one attached hydrogen (secondary N) is 1. The van der Waals surface area contributed by atoms with Crippen molar-refractivity contribution in [2.24, 2.45) is 0 Å². The first-order chi connectivity index (χ1) is 15.4. The van der Waals surface area contributed by atoms with E-state index < -0.39 is 0 Å². The molecule has 1 aliphatic rings. The summed E-state index contributed by atoms with van der Waals surface area (Å²) < 4.78 is 7.55. The number of hydrogen-bond acceptors (Lipinski definition) is 7. The Bertz CT molecular complexity index is 1330. The zero-order valence-electron chi connectivity index (χ0n) is 16.7. The van der Waals surface area contributed by atoms with Gasteiger partial charge in [-0.3, -0.25) is 0 Å². The molecule has 31 heavy (non-hydrogen) atoms. The van der Waals surface area contributed by atoms with Crippen LogP contribution in [0.4, 0.5) is 5.82 Å². The van der Waals surface area contributed by atoms with E-state index in [1.807, 2.05) is 36.4 Å². The Morgan fingerprint density at radius 1 is 1.06 bits per heavy atom. The van der Waals surface area contributed by atoms with Crippen molar-refractivity contribution in [3.8, 4) is 16.3 Å². The van der Waals surface area contributed by atoms with Crippen LogP contribution in [0, 0.1) is 0 Å². The van der Waals surface area contributed by atoms with E-state index in [0.717, 1.165) is 52.6 Å². The average molecular weight is 429 g/mol. The van der Waals surface area contributed by atoms with Crippen molar-refractivity contribution in [3.05, 3.63) is 61.2 Å². The molecule has 154 valence electrons. The third-order valence-corrected chi connectivity index (χ3v) is 6.76. The minimum absolute atomic E-state index is 0.241. The second-order valence-corrected chi connectivity index (χ2v) is 8.61. The Kier molecular flexibility index (Phi) is 4.49. The standard InChI is InChI=1S/C23H20N6OS/c1-3-9-18(16(7-1)23-28-17-8-2-4-10-19(17)31-23)30-12-15-6-5-11-29(15)22-20-21(25-13-24-20)26-14-27-22/h1-4,7-10,13-15H,5-6,11-12H2,(H,24,25,26,27). The summed E-state index contributed by atoms with van der Waals surface area (Å²) in [4.78, 5) is 23.3.